The van der Waals surface area contributed by atoms with Crippen LogP contribution in [0.4, 0.5) is 0 Å². The summed E-state index contributed by atoms with van der Waals surface area (Å²) in [5.41, 5.74) is 0. The van der Waals surface area contributed by atoms with Crippen LogP contribution >= 0.6 is 0 Å². The van der Waals surface area contributed by atoms with E-state index in [1.54, 1.807) is 0 Å². The normalized spacial score (nSPS) is 0. The second-order valence-corrected chi connectivity index (χ2v) is 0. The number of thiol groups is 3. The van der Waals surface area contributed by atoms with Crippen LogP contribution in [0.15, 0.2) is 0 Å². The first-order valence-electron chi connectivity index (χ1n) is 0. The van der Waals surface area contributed by atoms with E-state index in [4.69, 9.17) is 0 Å². The van der Waals surface area contributed by atoms with Gasteiger partial charge in [0.25, 0.3) is 0 Å². The summed E-state index contributed by atoms with van der Waals surface area (Å²) in [6.07, 6.45) is 0. The maximum absolute atomic E-state index is 0. The molecule has 0 aliphatic carbocycles. The molecule has 0 aliphatic heterocycles. The van der Waals surface area contributed by atoms with Gasteiger partial charge in [0, 0.05) is 0 Å². The second-order valence-electron chi connectivity index (χ2n) is 0. The Hall–Kier alpha value is 1.58. The van der Waals surface area contributed by atoms with Crippen LogP contribution in [-0.4, -0.2) is 17.4 Å². The average Bonchev–Trinajstić information content (AvgIpc) is 0. The van der Waals surface area contributed by atoms with Crippen molar-refractivity contribution in [1.29, 1.82) is 0 Å². The van der Waals surface area contributed by atoms with Crippen molar-refractivity contribution in [3.63, 3.8) is 0 Å². The van der Waals surface area contributed by atoms with Crippen molar-refractivity contribution in [3.8, 4) is 0 Å². The molecule has 0 saturated carbocycles. The van der Waals surface area contributed by atoms with Gasteiger partial charge in [-0.3, -0.25) is 0 Å². The number of rotatable bonds is 0. The van der Waals surface area contributed by atoms with Crippen molar-refractivity contribution in [2.45, 2.75) is 0 Å². The molecule has 0 bridgehead atoms. The van der Waals surface area contributed by atoms with Gasteiger partial charge in [-0.2, -0.15) is 0 Å². The summed E-state index contributed by atoms with van der Waals surface area (Å²) in [5.74, 6) is 0. The molecule has 0 aliphatic rings. The Morgan fingerprint density at radius 3 is 0.500 bits per heavy atom. The molecule has 0 saturated heterocycles. The van der Waals surface area contributed by atoms with Crippen molar-refractivity contribution in [1.82, 2.24) is 0 Å². The van der Waals surface area contributed by atoms with Gasteiger partial charge in [0.15, 0.2) is 0 Å². The summed E-state index contributed by atoms with van der Waals surface area (Å²) in [5, 5.41) is 0. The third-order valence-corrected chi connectivity index (χ3v) is 0. The fourth-order valence-electron chi connectivity index (χ4n) is 0. The Morgan fingerprint density at radius 1 is 0.500 bits per heavy atom. The van der Waals surface area contributed by atoms with Crippen LogP contribution in [0.2, 0.25) is 0 Å². The smallest absolute Gasteiger partial charge is 0.813 e. The van der Waals surface area contributed by atoms with Gasteiger partial charge < -0.3 is 40.5 Å². The van der Waals surface area contributed by atoms with Crippen LogP contribution in [0.25, 0.3) is 0 Å². The molecule has 0 nitrogen and oxygen atoms in total. The fourth-order valence-corrected chi connectivity index (χ4v) is 0. The van der Waals surface area contributed by atoms with Gasteiger partial charge in [-0.1, -0.05) is 0 Å². The molecular formula is H3AlS3. The first-order valence-corrected chi connectivity index (χ1v) is 0. The Bertz CT molecular complexity index is 3.25. The van der Waals surface area contributed by atoms with Crippen LogP contribution in [0.1, 0.15) is 0 Å². The summed E-state index contributed by atoms with van der Waals surface area (Å²) in [4.78, 5) is 0. The zero-order valence-electron chi connectivity index (χ0n) is 1.92. The molecule has 4 heavy (non-hydrogen) atoms. The van der Waals surface area contributed by atoms with Gasteiger partial charge in [0.2, 0.25) is 0 Å². The molecule has 24 valence electrons. The summed E-state index contributed by atoms with van der Waals surface area (Å²) in [6.45, 7) is 0. The van der Waals surface area contributed by atoms with Crippen molar-refractivity contribution in [2.75, 3.05) is 0 Å². The topological polar surface area (TPSA) is 0 Å². The molecule has 0 N–H and O–H groups in total. The van der Waals surface area contributed by atoms with Crippen LogP contribution in [0.5, 0.6) is 0 Å². The van der Waals surface area contributed by atoms with Gasteiger partial charge in [0.1, 0.15) is 0 Å². The molecule has 0 atom stereocenters. The molecule has 4 heteroatoms. The fraction of sp³-hybridized carbons (Fsp3) is 0. The minimum Gasteiger partial charge on any atom is -0.813 e. The first kappa shape index (κ1) is 46.8. The van der Waals surface area contributed by atoms with Crippen LogP contribution in [0, 0.1) is 0 Å². The maximum Gasteiger partial charge on any atom is 3.00 e. The molecule has 0 amide bonds. The SMILES string of the molecule is [Al+3].[SH-].[SH-].[SH-]. The van der Waals surface area contributed by atoms with Gasteiger partial charge in [-0.15, -0.1) is 0 Å². The van der Waals surface area contributed by atoms with E-state index in [0.717, 1.165) is 0 Å². The molecular weight excluding hydrogens is 123 g/mol. The molecule has 0 fully saturated rings. The summed E-state index contributed by atoms with van der Waals surface area (Å²) < 4.78 is 0. The number of hydrogen-bond donors (Lipinski definition) is 0. The van der Waals surface area contributed by atoms with Gasteiger partial charge in [0.05, 0.1) is 0 Å². The molecule has 0 spiro atoms. The summed E-state index contributed by atoms with van der Waals surface area (Å²) in [7, 11) is 0. The predicted octanol–water partition coefficient (Wildman–Crippen LogP) is -1.19. The van der Waals surface area contributed by atoms with Crippen molar-refractivity contribution in [3.05, 3.63) is 0 Å². The Labute approximate surface area is 57.8 Å². The van der Waals surface area contributed by atoms with E-state index in [2.05, 4.69) is 0 Å². The largest absolute Gasteiger partial charge is 3.00 e. The Balaban J connectivity index is 0. The molecule has 0 aromatic heterocycles. The van der Waals surface area contributed by atoms with Crippen LogP contribution in [0.3, 0.4) is 0 Å². The molecule has 0 unspecified atom stereocenters. The summed E-state index contributed by atoms with van der Waals surface area (Å²) >= 11 is 0. The molecule has 0 rings (SSSR count). The number of hydrogen-bond acceptors (Lipinski definition) is 3. The second kappa shape index (κ2) is 23.5. The van der Waals surface area contributed by atoms with Gasteiger partial charge in [-0.05, 0) is 0 Å². The van der Waals surface area contributed by atoms with E-state index in [9.17, 15) is 0 Å². The summed E-state index contributed by atoms with van der Waals surface area (Å²) in [6, 6.07) is 0. The van der Waals surface area contributed by atoms with Crippen LogP contribution in [-0.2, 0) is 40.5 Å². The molecule has 0 radical (unpaired) electrons. The third-order valence-electron chi connectivity index (χ3n) is 0. The van der Waals surface area contributed by atoms with Crippen molar-refractivity contribution in [2.24, 2.45) is 0 Å². The van der Waals surface area contributed by atoms with E-state index in [0.29, 0.717) is 0 Å². The van der Waals surface area contributed by atoms with E-state index >= 15 is 0 Å². The van der Waals surface area contributed by atoms with E-state index in [1.165, 1.54) is 0 Å². The van der Waals surface area contributed by atoms with Crippen molar-refractivity contribution < 1.29 is 0 Å². The zero-order valence-corrected chi connectivity index (χ0v) is 5.76. The van der Waals surface area contributed by atoms with Gasteiger partial charge in [-0.25, -0.2) is 0 Å². The molecule has 0 aromatic rings. The third kappa shape index (κ3) is 9.54. The van der Waals surface area contributed by atoms with Crippen molar-refractivity contribution >= 4 is 57.8 Å². The quantitative estimate of drug-likeness (QED) is 0.227. The minimum absolute atomic E-state index is 0. The van der Waals surface area contributed by atoms with E-state index < -0.39 is 0 Å². The monoisotopic (exact) mass is 126 g/mol. The van der Waals surface area contributed by atoms with Gasteiger partial charge >= 0.3 is 17.4 Å². The van der Waals surface area contributed by atoms with E-state index in [-0.39, 0.29) is 57.8 Å². The average molecular weight is 126 g/mol. The Kier molecular flexibility index (Phi) is 275. The Morgan fingerprint density at radius 2 is 0.500 bits per heavy atom. The first-order chi connectivity index (χ1) is 0. The standard InChI is InChI=1S/Al.3H2S/h;3*1H2/q+3;;;/p-3. The zero-order chi connectivity index (χ0) is 0. The molecule has 0 aromatic carbocycles. The maximum atomic E-state index is 0. The molecule has 0 heterocycles. The van der Waals surface area contributed by atoms with E-state index in [1.807, 2.05) is 0 Å². The van der Waals surface area contributed by atoms with Crippen LogP contribution < -0.4 is 0 Å². The minimum atomic E-state index is 0. The predicted molar refractivity (Wildman–Crippen MR) is 32.0 cm³/mol.